The average molecular weight is 242 g/mol. The van der Waals surface area contributed by atoms with Gasteiger partial charge in [0.1, 0.15) is 0 Å². The number of ether oxygens (including phenoxy) is 1. The van der Waals surface area contributed by atoms with Crippen LogP contribution in [-0.2, 0) is 9.53 Å². The summed E-state index contributed by atoms with van der Waals surface area (Å²) in [6, 6.07) is 0.394. The van der Waals surface area contributed by atoms with Crippen LogP contribution in [0.15, 0.2) is 0 Å². The fraction of sp³-hybridized carbons (Fsp3) is 0.923. The first kappa shape index (κ1) is 14.5. The maximum Gasteiger partial charge on any atom is 0.236 e. The summed E-state index contributed by atoms with van der Waals surface area (Å²) in [7, 11) is 0. The van der Waals surface area contributed by atoms with Crippen LogP contribution in [0.3, 0.4) is 0 Å². The molecule has 0 aromatic heterocycles. The highest BCUT2D eigenvalue weighted by Gasteiger charge is 2.27. The molecule has 4 heteroatoms. The number of hydrogen-bond donors (Lipinski definition) is 0. The SMILES string of the molecule is CC[C@@H]1CO[C@@H](C)CN1CC(=O)N(CC)CC. The van der Waals surface area contributed by atoms with Crippen molar-refractivity contribution in [3.8, 4) is 0 Å². The van der Waals surface area contributed by atoms with Crippen molar-refractivity contribution in [1.29, 1.82) is 0 Å². The molecule has 1 aliphatic rings. The smallest absolute Gasteiger partial charge is 0.236 e. The van der Waals surface area contributed by atoms with E-state index in [2.05, 4.69) is 18.7 Å². The summed E-state index contributed by atoms with van der Waals surface area (Å²) in [6.45, 7) is 12.0. The molecule has 1 rings (SSSR count). The number of amides is 1. The number of likely N-dealkylation sites (N-methyl/N-ethyl adjacent to an activating group) is 1. The van der Waals surface area contributed by atoms with Crippen molar-refractivity contribution >= 4 is 5.91 Å². The van der Waals surface area contributed by atoms with Crippen molar-refractivity contribution < 1.29 is 9.53 Å². The standard InChI is InChI=1S/C13H26N2O2/c1-5-12-10-17-11(4)8-15(12)9-13(16)14(6-2)7-3/h11-12H,5-10H2,1-4H3/t11-,12+/m0/s1. The number of morpholine rings is 1. The van der Waals surface area contributed by atoms with E-state index in [0.717, 1.165) is 32.7 Å². The molecule has 0 spiro atoms. The van der Waals surface area contributed by atoms with Crippen LogP contribution < -0.4 is 0 Å². The summed E-state index contributed by atoms with van der Waals surface area (Å²) in [5, 5.41) is 0. The summed E-state index contributed by atoms with van der Waals surface area (Å²) < 4.78 is 5.64. The molecule has 0 bridgehead atoms. The van der Waals surface area contributed by atoms with Crippen LogP contribution in [0.1, 0.15) is 34.1 Å². The third-order valence-corrected chi connectivity index (χ3v) is 3.51. The molecule has 2 atom stereocenters. The quantitative estimate of drug-likeness (QED) is 0.729. The van der Waals surface area contributed by atoms with Gasteiger partial charge in [0.05, 0.1) is 19.3 Å². The second-order valence-electron chi connectivity index (χ2n) is 4.70. The van der Waals surface area contributed by atoms with Gasteiger partial charge in [-0.05, 0) is 27.2 Å². The Morgan fingerprint density at radius 3 is 2.53 bits per heavy atom. The number of rotatable bonds is 5. The van der Waals surface area contributed by atoms with Crippen LogP contribution in [0.2, 0.25) is 0 Å². The van der Waals surface area contributed by atoms with E-state index in [1.807, 2.05) is 18.7 Å². The molecule has 0 N–H and O–H groups in total. The summed E-state index contributed by atoms with van der Waals surface area (Å²) in [5.74, 6) is 0.238. The topological polar surface area (TPSA) is 32.8 Å². The molecule has 100 valence electrons. The monoisotopic (exact) mass is 242 g/mol. The van der Waals surface area contributed by atoms with Crippen LogP contribution >= 0.6 is 0 Å². The van der Waals surface area contributed by atoms with E-state index in [9.17, 15) is 4.79 Å². The number of carbonyl (C=O) groups is 1. The van der Waals surface area contributed by atoms with Crippen molar-refractivity contribution in [2.45, 2.75) is 46.3 Å². The fourth-order valence-corrected chi connectivity index (χ4v) is 2.33. The van der Waals surface area contributed by atoms with Crippen molar-refractivity contribution in [2.24, 2.45) is 0 Å². The summed E-state index contributed by atoms with van der Waals surface area (Å²) in [4.78, 5) is 16.3. The Morgan fingerprint density at radius 1 is 1.35 bits per heavy atom. The average Bonchev–Trinajstić information content (AvgIpc) is 2.31. The van der Waals surface area contributed by atoms with E-state index < -0.39 is 0 Å². The second kappa shape index (κ2) is 6.97. The fourth-order valence-electron chi connectivity index (χ4n) is 2.33. The normalized spacial score (nSPS) is 25.9. The Labute approximate surface area is 105 Å². The zero-order chi connectivity index (χ0) is 12.8. The molecule has 0 aromatic carbocycles. The van der Waals surface area contributed by atoms with Crippen LogP contribution in [0.5, 0.6) is 0 Å². The Bertz CT molecular complexity index is 242. The molecule has 1 fully saturated rings. The lowest BCUT2D eigenvalue weighted by Gasteiger charge is -2.38. The molecule has 1 saturated heterocycles. The predicted octanol–water partition coefficient (Wildman–Crippen LogP) is 1.35. The van der Waals surface area contributed by atoms with Crippen LogP contribution in [0.25, 0.3) is 0 Å². The van der Waals surface area contributed by atoms with E-state index in [-0.39, 0.29) is 12.0 Å². The van der Waals surface area contributed by atoms with E-state index >= 15 is 0 Å². The minimum atomic E-state index is 0.238. The van der Waals surface area contributed by atoms with Gasteiger partial charge >= 0.3 is 0 Å². The van der Waals surface area contributed by atoms with Crippen molar-refractivity contribution in [1.82, 2.24) is 9.80 Å². The number of hydrogen-bond acceptors (Lipinski definition) is 3. The first-order valence-corrected chi connectivity index (χ1v) is 6.75. The van der Waals surface area contributed by atoms with Gasteiger partial charge in [0.15, 0.2) is 0 Å². The summed E-state index contributed by atoms with van der Waals surface area (Å²) in [5.41, 5.74) is 0. The third kappa shape index (κ3) is 3.96. The van der Waals surface area contributed by atoms with Gasteiger partial charge in [-0.2, -0.15) is 0 Å². The van der Waals surface area contributed by atoms with Gasteiger partial charge in [-0.15, -0.1) is 0 Å². The van der Waals surface area contributed by atoms with Crippen molar-refractivity contribution in [2.75, 3.05) is 32.8 Å². The molecule has 0 radical (unpaired) electrons. The van der Waals surface area contributed by atoms with Gasteiger partial charge in [0.25, 0.3) is 0 Å². The molecule has 1 amide bonds. The molecule has 4 nitrogen and oxygen atoms in total. The zero-order valence-electron chi connectivity index (χ0n) is 11.6. The second-order valence-corrected chi connectivity index (χ2v) is 4.70. The van der Waals surface area contributed by atoms with E-state index in [1.54, 1.807) is 0 Å². The van der Waals surface area contributed by atoms with Gasteiger partial charge in [0.2, 0.25) is 5.91 Å². The van der Waals surface area contributed by atoms with Crippen molar-refractivity contribution in [3.05, 3.63) is 0 Å². The largest absolute Gasteiger partial charge is 0.376 e. The maximum absolute atomic E-state index is 12.1. The lowest BCUT2D eigenvalue weighted by atomic mass is 10.1. The third-order valence-electron chi connectivity index (χ3n) is 3.51. The minimum Gasteiger partial charge on any atom is -0.376 e. The lowest BCUT2D eigenvalue weighted by molar-refractivity contribution is -0.136. The molecule has 0 aliphatic carbocycles. The van der Waals surface area contributed by atoms with Gasteiger partial charge in [-0.3, -0.25) is 9.69 Å². The Balaban J connectivity index is 2.54. The van der Waals surface area contributed by atoms with Crippen LogP contribution in [0, 0.1) is 0 Å². The van der Waals surface area contributed by atoms with Gasteiger partial charge in [0, 0.05) is 25.7 Å². The number of nitrogens with zero attached hydrogens (tertiary/aromatic N) is 2. The maximum atomic E-state index is 12.1. The number of carbonyl (C=O) groups excluding carboxylic acids is 1. The van der Waals surface area contributed by atoms with E-state index in [1.165, 1.54) is 0 Å². The molecule has 17 heavy (non-hydrogen) atoms. The first-order valence-electron chi connectivity index (χ1n) is 6.75. The minimum absolute atomic E-state index is 0.238. The summed E-state index contributed by atoms with van der Waals surface area (Å²) >= 11 is 0. The van der Waals surface area contributed by atoms with Crippen LogP contribution in [-0.4, -0.2) is 60.6 Å². The molecule has 1 aliphatic heterocycles. The highest BCUT2D eigenvalue weighted by molar-refractivity contribution is 5.78. The Kier molecular flexibility index (Phi) is 5.92. The van der Waals surface area contributed by atoms with E-state index in [0.29, 0.717) is 12.6 Å². The highest BCUT2D eigenvalue weighted by atomic mass is 16.5. The van der Waals surface area contributed by atoms with E-state index in [4.69, 9.17) is 4.74 Å². The van der Waals surface area contributed by atoms with Gasteiger partial charge < -0.3 is 9.64 Å². The highest BCUT2D eigenvalue weighted by Crippen LogP contribution is 2.14. The Morgan fingerprint density at radius 2 is 2.00 bits per heavy atom. The molecular weight excluding hydrogens is 216 g/mol. The zero-order valence-corrected chi connectivity index (χ0v) is 11.6. The molecule has 0 aromatic rings. The van der Waals surface area contributed by atoms with Crippen molar-refractivity contribution in [3.63, 3.8) is 0 Å². The Hall–Kier alpha value is -0.610. The predicted molar refractivity (Wildman–Crippen MR) is 69.0 cm³/mol. The van der Waals surface area contributed by atoms with Gasteiger partial charge in [-0.25, -0.2) is 0 Å². The van der Waals surface area contributed by atoms with Crippen LogP contribution in [0.4, 0.5) is 0 Å². The molecule has 1 heterocycles. The first-order chi connectivity index (χ1) is 8.12. The van der Waals surface area contributed by atoms with Gasteiger partial charge in [-0.1, -0.05) is 6.92 Å². The molecular formula is C13H26N2O2. The lowest BCUT2D eigenvalue weighted by Crippen LogP contribution is -2.52. The molecule has 0 unspecified atom stereocenters. The summed E-state index contributed by atoms with van der Waals surface area (Å²) in [6.07, 6.45) is 1.28. The molecule has 0 saturated carbocycles.